The SMILES string of the molecule is CCCCNC(=O)C(C)N(Cc1ccc(Br)cc1)C(=O)CN(c1ccc(OCC)cc1)S(=O)(=O)c1ccc(Cl)cc1. The number of amides is 2. The first-order chi connectivity index (χ1) is 19.6. The lowest BCUT2D eigenvalue weighted by Gasteiger charge is -2.32. The number of ether oxygens (including phenoxy) is 1. The van der Waals surface area contributed by atoms with E-state index in [2.05, 4.69) is 21.2 Å². The van der Waals surface area contributed by atoms with Gasteiger partial charge >= 0.3 is 0 Å². The molecule has 0 aliphatic carbocycles. The van der Waals surface area contributed by atoms with Crippen molar-refractivity contribution >= 4 is 55.1 Å². The maximum absolute atomic E-state index is 14.0. The molecule has 0 saturated carbocycles. The highest BCUT2D eigenvalue weighted by atomic mass is 79.9. The Morgan fingerprint density at radius 1 is 0.976 bits per heavy atom. The Bertz CT molecular complexity index is 1400. The molecule has 0 spiro atoms. The number of benzene rings is 3. The minimum Gasteiger partial charge on any atom is -0.494 e. The van der Waals surface area contributed by atoms with Gasteiger partial charge in [0.15, 0.2) is 0 Å². The molecule has 1 unspecified atom stereocenters. The summed E-state index contributed by atoms with van der Waals surface area (Å²) in [7, 11) is -4.19. The lowest BCUT2D eigenvalue weighted by Crippen LogP contribution is -2.51. The number of halogens is 2. The first-order valence-corrected chi connectivity index (χ1v) is 16.0. The van der Waals surface area contributed by atoms with E-state index in [1.165, 1.54) is 29.2 Å². The minimum absolute atomic E-state index is 0.0200. The van der Waals surface area contributed by atoms with Gasteiger partial charge in [0.25, 0.3) is 10.0 Å². The molecule has 11 heteroatoms. The van der Waals surface area contributed by atoms with Crippen molar-refractivity contribution in [2.45, 2.75) is 51.1 Å². The van der Waals surface area contributed by atoms with Gasteiger partial charge in [-0.05, 0) is 86.5 Å². The highest BCUT2D eigenvalue weighted by Crippen LogP contribution is 2.27. The number of carbonyl (C=O) groups is 2. The number of hydrogen-bond acceptors (Lipinski definition) is 5. The zero-order chi connectivity index (χ0) is 30.0. The van der Waals surface area contributed by atoms with Crippen molar-refractivity contribution in [3.8, 4) is 5.75 Å². The van der Waals surface area contributed by atoms with Crippen molar-refractivity contribution in [1.29, 1.82) is 0 Å². The van der Waals surface area contributed by atoms with Gasteiger partial charge in [0.2, 0.25) is 11.8 Å². The monoisotopic (exact) mass is 663 g/mol. The van der Waals surface area contributed by atoms with Gasteiger partial charge in [-0.15, -0.1) is 0 Å². The zero-order valence-electron chi connectivity index (χ0n) is 23.3. The van der Waals surface area contributed by atoms with Crippen molar-refractivity contribution < 1.29 is 22.7 Å². The second kappa shape index (κ2) is 15.2. The molecular weight excluding hydrogens is 630 g/mol. The number of hydrogen-bond donors (Lipinski definition) is 1. The van der Waals surface area contributed by atoms with E-state index in [1.807, 2.05) is 38.1 Å². The number of unbranched alkanes of at least 4 members (excludes halogenated alkanes) is 1. The molecule has 3 rings (SSSR count). The summed E-state index contributed by atoms with van der Waals surface area (Å²) in [5.74, 6) is -0.268. The molecule has 0 bridgehead atoms. The minimum atomic E-state index is -4.19. The highest BCUT2D eigenvalue weighted by Gasteiger charge is 2.32. The number of nitrogens with zero attached hydrogens (tertiary/aromatic N) is 2. The molecule has 1 atom stereocenters. The van der Waals surface area contributed by atoms with Crippen LogP contribution in [0.2, 0.25) is 5.02 Å². The summed E-state index contributed by atoms with van der Waals surface area (Å²) in [4.78, 5) is 28.4. The Hall–Kier alpha value is -3.08. The van der Waals surface area contributed by atoms with Gasteiger partial charge in [-0.2, -0.15) is 0 Å². The summed E-state index contributed by atoms with van der Waals surface area (Å²) in [5, 5.41) is 3.26. The molecule has 0 aromatic heterocycles. The molecule has 1 N–H and O–H groups in total. The molecule has 0 aliphatic heterocycles. The average Bonchev–Trinajstić information content (AvgIpc) is 2.96. The molecule has 0 fully saturated rings. The van der Waals surface area contributed by atoms with Crippen LogP contribution in [0.25, 0.3) is 0 Å². The standard InChI is InChI=1S/C30H35BrClN3O5S/c1-4-6-19-33-30(37)22(3)34(20-23-7-9-24(31)10-8-23)29(36)21-35(26-13-15-27(16-14-26)40-5-2)41(38,39)28-17-11-25(32)12-18-28/h7-18,22H,4-6,19-21H2,1-3H3,(H,33,37). The fourth-order valence-corrected chi connectivity index (χ4v) is 5.85. The number of nitrogens with one attached hydrogen (secondary N) is 1. The molecule has 8 nitrogen and oxygen atoms in total. The second-order valence-electron chi connectivity index (χ2n) is 9.36. The largest absolute Gasteiger partial charge is 0.494 e. The van der Waals surface area contributed by atoms with Crippen LogP contribution in [-0.4, -0.2) is 50.9 Å². The second-order valence-corrected chi connectivity index (χ2v) is 12.6. The fraction of sp³-hybridized carbons (Fsp3) is 0.333. The van der Waals surface area contributed by atoms with Gasteiger partial charge in [-0.3, -0.25) is 13.9 Å². The van der Waals surface area contributed by atoms with Crippen LogP contribution in [0, 0.1) is 0 Å². The molecule has 3 aromatic rings. The Labute approximate surface area is 255 Å². The molecule has 3 aromatic carbocycles. The van der Waals surface area contributed by atoms with Crippen LogP contribution in [0.5, 0.6) is 5.75 Å². The average molecular weight is 665 g/mol. The molecular formula is C30H35BrClN3O5S. The Balaban J connectivity index is 2.00. The van der Waals surface area contributed by atoms with Crippen molar-refractivity contribution in [3.05, 3.63) is 87.9 Å². The van der Waals surface area contributed by atoms with E-state index in [1.54, 1.807) is 31.2 Å². The predicted molar refractivity (Wildman–Crippen MR) is 166 cm³/mol. The van der Waals surface area contributed by atoms with E-state index >= 15 is 0 Å². The van der Waals surface area contributed by atoms with Gasteiger partial charge in [-0.1, -0.05) is 53.0 Å². The molecule has 2 amide bonds. The van der Waals surface area contributed by atoms with Crippen molar-refractivity contribution in [3.63, 3.8) is 0 Å². The lowest BCUT2D eigenvalue weighted by molar-refractivity contribution is -0.139. The third-order valence-corrected chi connectivity index (χ3v) is 8.95. The Morgan fingerprint density at radius 3 is 2.20 bits per heavy atom. The van der Waals surface area contributed by atoms with Crippen molar-refractivity contribution in [2.75, 3.05) is 24.0 Å². The van der Waals surface area contributed by atoms with Crippen LogP contribution in [-0.2, 0) is 26.2 Å². The summed E-state index contributed by atoms with van der Waals surface area (Å²) in [6.45, 7) is 6.05. The van der Waals surface area contributed by atoms with Gasteiger partial charge in [0.1, 0.15) is 18.3 Å². The summed E-state index contributed by atoms with van der Waals surface area (Å²) in [6.07, 6.45) is 1.72. The van der Waals surface area contributed by atoms with Crippen LogP contribution < -0.4 is 14.4 Å². The molecule has 220 valence electrons. The summed E-state index contributed by atoms with van der Waals surface area (Å²) in [5.41, 5.74) is 1.07. The number of carbonyl (C=O) groups excluding carboxylic acids is 2. The van der Waals surface area contributed by atoms with E-state index in [0.717, 1.165) is 27.2 Å². The number of anilines is 1. The van der Waals surface area contributed by atoms with E-state index in [-0.39, 0.29) is 23.0 Å². The summed E-state index contributed by atoms with van der Waals surface area (Å²) < 4.78 is 35.2. The van der Waals surface area contributed by atoms with Crippen molar-refractivity contribution in [2.24, 2.45) is 0 Å². The van der Waals surface area contributed by atoms with Gasteiger partial charge in [-0.25, -0.2) is 8.42 Å². The van der Waals surface area contributed by atoms with Crippen LogP contribution in [0.15, 0.2) is 82.2 Å². The summed E-state index contributed by atoms with van der Waals surface area (Å²) >= 11 is 9.42. The van der Waals surface area contributed by atoms with Crippen LogP contribution in [0.4, 0.5) is 5.69 Å². The van der Waals surface area contributed by atoms with E-state index in [4.69, 9.17) is 16.3 Å². The normalized spacial score (nSPS) is 11.9. The van der Waals surface area contributed by atoms with Crippen LogP contribution >= 0.6 is 27.5 Å². The lowest BCUT2D eigenvalue weighted by atomic mass is 10.1. The van der Waals surface area contributed by atoms with E-state index in [0.29, 0.717) is 23.9 Å². The fourth-order valence-electron chi connectivity index (χ4n) is 4.04. The van der Waals surface area contributed by atoms with E-state index in [9.17, 15) is 18.0 Å². The predicted octanol–water partition coefficient (Wildman–Crippen LogP) is 6.03. The smallest absolute Gasteiger partial charge is 0.264 e. The molecule has 0 aliphatic rings. The van der Waals surface area contributed by atoms with Gasteiger partial charge in [0.05, 0.1) is 17.2 Å². The first kappa shape index (κ1) is 32.4. The van der Waals surface area contributed by atoms with Gasteiger partial charge < -0.3 is 15.0 Å². The topological polar surface area (TPSA) is 96.0 Å². The molecule has 0 heterocycles. The summed E-state index contributed by atoms with van der Waals surface area (Å²) in [6, 6.07) is 18.8. The van der Waals surface area contributed by atoms with Crippen molar-refractivity contribution in [1.82, 2.24) is 10.2 Å². The molecule has 0 saturated heterocycles. The number of sulfonamides is 1. The third kappa shape index (κ3) is 8.95. The quantitative estimate of drug-likeness (QED) is 0.213. The maximum Gasteiger partial charge on any atom is 0.264 e. The molecule has 0 radical (unpaired) electrons. The Kier molecular flexibility index (Phi) is 12.1. The number of rotatable bonds is 14. The zero-order valence-corrected chi connectivity index (χ0v) is 26.5. The van der Waals surface area contributed by atoms with Gasteiger partial charge in [0, 0.05) is 22.6 Å². The maximum atomic E-state index is 14.0. The third-order valence-electron chi connectivity index (χ3n) is 6.38. The first-order valence-electron chi connectivity index (χ1n) is 13.4. The highest BCUT2D eigenvalue weighted by molar-refractivity contribution is 9.10. The van der Waals surface area contributed by atoms with Crippen LogP contribution in [0.1, 0.15) is 39.2 Å². The van der Waals surface area contributed by atoms with Crippen LogP contribution in [0.3, 0.4) is 0 Å². The molecule has 41 heavy (non-hydrogen) atoms. The van der Waals surface area contributed by atoms with E-state index < -0.39 is 28.5 Å². The Morgan fingerprint density at radius 2 is 1.61 bits per heavy atom.